The van der Waals surface area contributed by atoms with Gasteiger partial charge in [0.1, 0.15) is 0 Å². The van der Waals surface area contributed by atoms with Gasteiger partial charge >= 0.3 is 0 Å². The number of nitrogens with zero attached hydrogens (tertiary/aromatic N) is 1. The highest BCUT2D eigenvalue weighted by molar-refractivity contribution is 6.05. The lowest BCUT2D eigenvalue weighted by Crippen LogP contribution is -2.11. The molecule has 0 aliphatic heterocycles. The standard InChI is InChI=1S/C17H13N3O/c18-9-8-13-11-19-16-7-6-14(10-15(13)16)20-17(21)12-4-2-1-3-5-12/h1-7,10-11,19H,8H2,(H,20,21). The first kappa shape index (κ1) is 12.9. The normalized spacial score (nSPS) is 10.2. The van der Waals surface area contributed by atoms with E-state index < -0.39 is 0 Å². The van der Waals surface area contributed by atoms with Crippen LogP contribution < -0.4 is 5.32 Å². The van der Waals surface area contributed by atoms with Crippen molar-refractivity contribution < 1.29 is 4.79 Å². The largest absolute Gasteiger partial charge is 0.361 e. The van der Waals surface area contributed by atoms with Crippen molar-refractivity contribution in [3.8, 4) is 6.07 Å². The summed E-state index contributed by atoms with van der Waals surface area (Å²) < 4.78 is 0. The fraction of sp³-hybridized carbons (Fsp3) is 0.0588. The van der Waals surface area contributed by atoms with Crippen molar-refractivity contribution in [2.24, 2.45) is 0 Å². The molecule has 3 aromatic rings. The van der Waals surface area contributed by atoms with Gasteiger partial charge in [-0.25, -0.2) is 0 Å². The smallest absolute Gasteiger partial charge is 0.255 e. The predicted octanol–water partition coefficient (Wildman–Crippen LogP) is 3.49. The van der Waals surface area contributed by atoms with E-state index in [9.17, 15) is 4.79 Å². The number of nitriles is 1. The van der Waals surface area contributed by atoms with E-state index in [0.717, 1.165) is 22.2 Å². The molecule has 0 fully saturated rings. The van der Waals surface area contributed by atoms with Crippen LogP contribution in [0.1, 0.15) is 15.9 Å². The lowest BCUT2D eigenvalue weighted by Gasteiger charge is -2.05. The Bertz CT molecular complexity index is 828. The van der Waals surface area contributed by atoms with E-state index in [-0.39, 0.29) is 5.91 Å². The Labute approximate surface area is 122 Å². The van der Waals surface area contributed by atoms with Crippen LogP contribution in [0.2, 0.25) is 0 Å². The Morgan fingerprint density at radius 1 is 1.19 bits per heavy atom. The quantitative estimate of drug-likeness (QED) is 0.768. The molecule has 1 amide bonds. The minimum Gasteiger partial charge on any atom is -0.361 e. The first-order valence-electron chi connectivity index (χ1n) is 6.61. The van der Waals surface area contributed by atoms with E-state index in [1.54, 1.807) is 12.1 Å². The number of aromatic nitrogens is 1. The van der Waals surface area contributed by atoms with Gasteiger partial charge in [0.05, 0.1) is 12.5 Å². The number of carbonyl (C=O) groups excluding carboxylic acids is 1. The molecule has 4 heteroatoms. The van der Waals surface area contributed by atoms with Crippen molar-refractivity contribution >= 4 is 22.5 Å². The molecule has 0 aliphatic carbocycles. The van der Waals surface area contributed by atoms with Gasteiger partial charge in [-0.15, -0.1) is 0 Å². The van der Waals surface area contributed by atoms with E-state index in [1.165, 1.54) is 0 Å². The first-order valence-corrected chi connectivity index (χ1v) is 6.61. The fourth-order valence-corrected chi connectivity index (χ4v) is 2.28. The lowest BCUT2D eigenvalue weighted by molar-refractivity contribution is 0.102. The molecule has 0 radical (unpaired) electrons. The van der Waals surface area contributed by atoms with E-state index >= 15 is 0 Å². The number of fused-ring (bicyclic) bond motifs is 1. The van der Waals surface area contributed by atoms with Gasteiger partial charge in [0.15, 0.2) is 0 Å². The van der Waals surface area contributed by atoms with Crippen LogP contribution in [0.3, 0.4) is 0 Å². The lowest BCUT2D eigenvalue weighted by atomic mass is 10.1. The average molecular weight is 275 g/mol. The average Bonchev–Trinajstić information content (AvgIpc) is 2.91. The number of hydrogen-bond donors (Lipinski definition) is 2. The maximum Gasteiger partial charge on any atom is 0.255 e. The van der Waals surface area contributed by atoms with Crippen molar-refractivity contribution in [1.29, 1.82) is 5.26 Å². The van der Waals surface area contributed by atoms with Crippen LogP contribution in [-0.4, -0.2) is 10.9 Å². The highest BCUT2D eigenvalue weighted by Crippen LogP contribution is 2.23. The summed E-state index contributed by atoms with van der Waals surface area (Å²) in [6, 6.07) is 16.8. The SMILES string of the molecule is N#CCc1c[nH]c2ccc(NC(=O)c3ccccc3)cc12. The molecule has 0 aliphatic rings. The molecule has 21 heavy (non-hydrogen) atoms. The van der Waals surface area contributed by atoms with Gasteiger partial charge in [-0.1, -0.05) is 18.2 Å². The van der Waals surface area contributed by atoms with Crippen LogP contribution in [0.25, 0.3) is 10.9 Å². The van der Waals surface area contributed by atoms with Crippen LogP contribution in [0.4, 0.5) is 5.69 Å². The summed E-state index contributed by atoms with van der Waals surface area (Å²) in [6.45, 7) is 0. The van der Waals surface area contributed by atoms with Gasteiger partial charge < -0.3 is 10.3 Å². The molecule has 1 heterocycles. The van der Waals surface area contributed by atoms with Crippen LogP contribution in [0.15, 0.2) is 54.7 Å². The molecule has 0 spiro atoms. The number of rotatable bonds is 3. The molecule has 3 rings (SSSR count). The van der Waals surface area contributed by atoms with Gasteiger partial charge in [-0.05, 0) is 35.9 Å². The van der Waals surface area contributed by atoms with E-state index in [0.29, 0.717) is 12.0 Å². The molecule has 0 saturated carbocycles. The van der Waals surface area contributed by atoms with E-state index in [1.807, 2.05) is 42.6 Å². The number of aromatic amines is 1. The zero-order valence-electron chi connectivity index (χ0n) is 11.3. The van der Waals surface area contributed by atoms with Crippen molar-refractivity contribution in [2.75, 3.05) is 5.32 Å². The highest BCUT2D eigenvalue weighted by atomic mass is 16.1. The third-order valence-corrected chi connectivity index (χ3v) is 3.33. The molecular weight excluding hydrogens is 262 g/mol. The molecule has 2 aromatic carbocycles. The number of amides is 1. The zero-order valence-corrected chi connectivity index (χ0v) is 11.3. The van der Waals surface area contributed by atoms with Crippen molar-refractivity contribution in [2.45, 2.75) is 6.42 Å². The first-order chi connectivity index (χ1) is 10.3. The van der Waals surface area contributed by atoms with Crippen LogP contribution in [-0.2, 0) is 6.42 Å². The second-order valence-electron chi connectivity index (χ2n) is 4.73. The zero-order chi connectivity index (χ0) is 14.7. The van der Waals surface area contributed by atoms with Gasteiger partial charge in [-0.3, -0.25) is 4.79 Å². The summed E-state index contributed by atoms with van der Waals surface area (Å²) >= 11 is 0. The summed E-state index contributed by atoms with van der Waals surface area (Å²) in [6.07, 6.45) is 2.17. The Morgan fingerprint density at radius 2 is 2.00 bits per heavy atom. The van der Waals surface area contributed by atoms with Crippen molar-refractivity contribution in [1.82, 2.24) is 4.98 Å². The van der Waals surface area contributed by atoms with E-state index in [2.05, 4.69) is 16.4 Å². The molecule has 0 bridgehead atoms. The van der Waals surface area contributed by atoms with Gasteiger partial charge in [0, 0.05) is 28.4 Å². The minimum atomic E-state index is -0.146. The third kappa shape index (κ3) is 2.63. The third-order valence-electron chi connectivity index (χ3n) is 3.33. The summed E-state index contributed by atoms with van der Waals surface area (Å²) in [4.78, 5) is 15.2. The Morgan fingerprint density at radius 3 is 2.76 bits per heavy atom. The molecular formula is C17H13N3O. The summed E-state index contributed by atoms with van der Waals surface area (Å²) in [5.41, 5.74) is 3.22. The predicted molar refractivity (Wildman–Crippen MR) is 82.0 cm³/mol. The summed E-state index contributed by atoms with van der Waals surface area (Å²) in [7, 11) is 0. The number of carbonyl (C=O) groups is 1. The maximum absolute atomic E-state index is 12.1. The number of H-pyrrole nitrogens is 1. The molecule has 0 atom stereocenters. The Kier molecular flexibility index (Phi) is 3.40. The van der Waals surface area contributed by atoms with Gasteiger partial charge in [-0.2, -0.15) is 5.26 Å². The van der Waals surface area contributed by atoms with Crippen LogP contribution in [0, 0.1) is 11.3 Å². The molecule has 4 nitrogen and oxygen atoms in total. The fourth-order valence-electron chi connectivity index (χ4n) is 2.28. The Hall–Kier alpha value is -3.06. The summed E-state index contributed by atoms with van der Waals surface area (Å²) in [5.74, 6) is -0.146. The number of anilines is 1. The molecule has 102 valence electrons. The molecule has 2 N–H and O–H groups in total. The topological polar surface area (TPSA) is 68.7 Å². The van der Waals surface area contributed by atoms with Gasteiger partial charge in [0.25, 0.3) is 5.91 Å². The summed E-state index contributed by atoms with van der Waals surface area (Å²) in [5, 5.41) is 12.7. The van der Waals surface area contributed by atoms with E-state index in [4.69, 9.17) is 5.26 Å². The van der Waals surface area contributed by atoms with Crippen molar-refractivity contribution in [3.05, 3.63) is 65.9 Å². The maximum atomic E-state index is 12.1. The number of hydrogen-bond acceptors (Lipinski definition) is 2. The van der Waals surface area contributed by atoms with Crippen LogP contribution >= 0.6 is 0 Å². The second kappa shape index (κ2) is 5.51. The Balaban J connectivity index is 1.89. The van der Waals surface area contributed by atoms with Crippen molar-refractivity contribution in [3.63, 3.8) is 0 Å². The molecule has 0 saturated heterocycles. The molecule has 0 unspecified atom stereocenters. The van der Waals surface area contributed by atoms with Gasteiger partial charge in [0.2, 0.25) is 0 Å². The monoisotopic (exact) mass is 275 g/mol. The number of benzene rings is 2. The highest BCUT2D eigenvalue weighted by Gasteiger charge is 2.08. The second-order valence-corrected chi connectivity index (χ2v) is 4.73. The van der Waals surface area contributed by atoms with Crippen LogP contribution in [0.5, 0.6) is 0 Å². The molecule has 1 aromatic heterocycles. The minimum absolute atomic E-state index is 0.146. The number of nitrogens with one attached hydrogen (secondary N) is 2.